The van der Waals surface area contributed by atoms with Gasteiger partial charge in [0.05, 0.1) is 5.69 Å². The Hall–Kier alpha value is -1.22. The maximum Gasteiger partial charge on any atom is 0.143 e. The van der Waals surface area contributed by atoms with Crippen LogP contribution in [0.5, 0.6) is 5.75 Å². The predicted octanol–water partition coefficient (Wildman–Crippen LogP) is 2.52. The molecule has 3 rings (SSSR count). The molecule has 0 aliphatic carbocycles. The molecule has 2 aliphatic rings. The van der Waals surface area contributed by atoms with Crippen LogP contribution in [0.15, 0.2) is 18.2 Å². The molecule has 18 heavy (non-hydrogen) atoms. The molecule has 1 fully saturated rings. The molecule has 0 bridgehead atoms. The summed E-state index contributed by atoms with van der Waals surface area (Å²) >= 11 is 0. The first-order valence-corrected chi connectivity index (χ1v) is 7.00. The lowest BCUT2D eigenvalue weighted by Gasteiger charge is -2.42. The summed E-state index contributed by atoms with van der Waals surface area (Å²) < 4.78 is 6.12. The van der Waals surface area contributed by atoms with E-state index in [1.807, 2.05) is 0 Å². The number of fused-ring (bicyclic) bond motifs is 1. The number of hydrogen-bond donors (Lipinski definition) is 1. The zero-order valence-electron chi connectivity index (χ0n) is 11.3. The Morgan fingerprint density at radius 2 is 2.17 bits per heavy atom. The van der Waals surface area contributed by atoms with Crippen LogP contribution in [0.3, 0.4) is 0 Å². The lowest BCUT2D eigenvalue weighted by molar-refractivity contribution is 0.000477. The van der Waals surface area contributed by atoms with Crippen molar-refractivity contribution in [3.8, 4) is 5.75 Å². The number of anilines is 1. The monoisotopic (exact) mass is 246 g/mol. The number of para-hydroxylation sites is 1. The van der Waals surface area contributed by atoms with Crippen LogP contribution < -0.4 is 10.1 Å². The van der Waals surface area contributed by atoms with E-state index in [0.29, 0.717) is 12.1 Å². The van der Waals surface area contributed by atoms with Crippen LogP contribution in [-0.4, -0.2) is 36.7 Å². The molecular formula is C15H22N2O. The highest BCUT2D eigenvalue weighted by Crippen LogP contribution is 2.33. The average Bonchev–Trinajstić information content (AvgIpc) is 2.33. The van der Waals surface area contributed by atoms with Crippen molar-refractivity contribution in [2.24, 2.45) is 0 Å². The van der Waals surface area contributed by atoms with Crippen LogP contribution in [0.2, 0.25) is 0 Å². The molecule has 0 aromatic heterocycles. The molecule has 0 saturated carbocycles. The molecule has 1 N–H and O–H groups in total. The Bertz CT molecular complexity index is 425. The van der Waals surface area contributed by atoms with Crippen molar-refractivity contribution in [3.63, 3.8) is 0 Å². The third kappa shape index (κ3) is 2.19. The summed E-state index contributed by atoms with van der Waals surface area (Å²) in [5, 5.41) is 3.48. The number of likely N-dealkylation sites (tertiary alicyclic amines) is 1. The Labute approximate surface area is 109 Å². The maximum absolute atomic E-state index is 6.12. The molecular weight excluding hydrogens is 224 g/mol. The van der Waals surface area contributed by atoms with E-state index in [-0.39, 0.29) is 0 Å². The highest BCUT2D eigenvalue weighted by atomic mass is 16.5. The average molecular weight is 246 g/mol. The van der Waals surface area contributed by atoms with Crippen molar-refractivity contribution < 1.29 is 4.74 Å². The van der Waals surface area contributed by atoms with Crippen molar-refractivity contribution in [2.75, 3.05) is 25.0 Å². The predicted molar refractivity (Wildman–Crippen MR) is 74.4 cm³/mol. The largest absolute Gasteiger partial charge is 0.486 e. The number of aryl methyl sites for hydroxylation is 1. The second kappa shape index (κ2) is 4.81. The highest BCUT2D eigenvalue weighted by molar-refractivity contribution is 5.63. The maximum atomic E-state index is 6.12. The summed E-state index contributed by atoms with van der Waals surface area (Å²) in [5.41, 5.74) is 2.63. The fraction of sp³-hybridized carbons (Fsp3) is 0.600. The van der Waals surface area contributed by atoms with E-state index in [9.17, 15) is 0 Å². The first-order chi connectivity index (χ1) is 8.74. The number of nitrogens with one attached hydrogen (secondary N) is 1. The van der Waals surface area contributed by atoms with Crippen LogP contribution in [0.4, 0.5) is 5.69 Å². The van der Waals surface area contributed by atoms with Crippen LogP contribution >= 0.6 is 0 Å². The second-order valence-corrected chi connectivity index (χ2v) is 5.61. The SMILES string of the molecule is CC(C)N1CC(Oc2cccc3c2NCCC3)C1. The quantitative estimate of drug-likeness (QED) is 0.887. The lowest BCUT2D eigenvalue weighted by atomic mass is 10.0. The van der Waals surface area contributed by atoms with E-state index in [0.717, 1.165) is 25.4 Å². The van der Waals surface area contributed by atoms with Gasteiger partial charge >= 0.3 is 0 Å². The first kappa shape index (κ1) is 11.8. The van der Waals surface area contributed by atoms with Gasteiger partial charge in [-0.25, -0.2) is 0 Å². The van der Waals surface area contributed by atoms with E-state index >= 15 is 0 Å². The molecule has 98 valence electrons. The van der Waals surface area contributed by atoms with Crippen LogP contribution in [0.25, 0.3) is 0 Å². The Kier molecular flexibility index (Phi) is 3.16. The van der Waals surface area contributed by atoms with E-state index in [1.165, 1.54) is 24.1 Å². The number of nitrogens with zero attached hydrogens (tertiary/aromatic N) is 1. The molecule has 3 heteroatoms. The number of hydrogen-bond acceptors (Lipinski definition) is 3. The Morgan fingerprint density at radius 1 is 1.33 bits per heavy atom. The topological polar surface area (TPSA) is 24.5 Å². The van der Waals surface area contributed by atoms with Gasteiger partial charge in [-0.15, -0.1) is 0 Å². The third-order valence-corrected chi connectivity index (χ3v) is 3.94. The smallest absolute Gasteiger partial charge is 0.143 e. The van der Waals surface area contributed by atoms with Gasteiger partial charge in [0.1, 0.15) is 11.9 Å². The molecule has 1 aromatic rings. The minimum absolute atomic E-state index is 0.364. The molecule has 2 heterocycles. The van der Waals surface area contributed by atoms with Gasteiger partial charge in [0.2, 0.25) is 0 Å². The van der Waals surface area contributed by atoms with Gasteiger partial charge in [0.25, 0.3) is 0 Å². The highest BCUT2D eigenvalue weighted by Gasteiger charge is 2.30. The summed E-state index contributed by atoms with van der Waals surface area (Å²) in [6, 6.07) is 7.04. The summed E-state index contributed by atoms with van der Waals surface area (Å²) in [7, 11) is 0. The molecule has 0 atom stereocenters. The summed E-state index contributed by atoms with van der Waals surface area (Å²) in [5.74, 6) is 1.04. The number of benzene rings is 1. The van der Waals surface area contributed by atoms with E-state index < -0.39 is 0 Å². The van der Waals surface area contributed by atoms with Crippen LogP contribution in [0, 0.1) is 0 Å². The first-order valence-electron chi connectivity index (χ1n) is 7.00. The van der Waals surface area contributed by atoms with Crippen LogP contribution in [0.1, 0.15) is 25.8 Å². The summed E-state index contributed by atoms with van der Waals surface area (Å²) in [6.45, 7) is 7.66. The number of rotatable bonds is 3. The minimum Gasteiger partial charge on any atom is -0.486 e. The zero-order chi connectivity index (χ0) is 12.5. The van der Waals surface area contributed by atoms with Crippen LogP contribution in [-0.2, 0) is 6.42 Å². The van der Waals surface area contributed by atoms with Gasteiger partial charge in [-0.1, -0.05) is 12.1 Å². The summed E-state index contributed by atoms with van der Waals surface area (Å²) in [6.07, 6.45) is 2.76. The normalized spacial score (nSPS) is 20.2. The van der Waals surface area contributed by atoms with Gasteiger partial charge in [0.15, 0.2) is 0 Å². The molecule has 0 spiro atoms. The molecule has 1 aromatic carbocycles. The fourth-order valence-corrected chi connectivity index (χ4v) is 2.72. The standard InChI is InChI=1S/C15H22N2O/c1-11(2)17-9-13(10-17)18-14-7-3-5-12-6-4-8-16-15(12)14/h3,5,7,11,13,16H,4,6,8-10H2,1-2H3. The van der Waals surface area contributed by atoms with Crippen molar-refractivity contribution in [3.05, 3.63) is 23.8 Å². The molecule has 2 aliphatic heterocycles. The Balaban J connectivity index is 1.67. The number of ether oxygens (including phenoxy) is 1. The van der Waals surface area contributed by atoms with Gasteiger partial charge < -0.3 is 10.1 Å². The van der Waals surface area contributed by atoms with E-state index in [2.05, 4.69) is 42.3 Å². The lowest BCUT2D eigenvalue weighted by Crippen LogP contribution is -2.56. The summed E-state index contributed by atoms with van der Waals surface area (Å²) in [4.78, 5) is 2.44. The second-order valence-electron chi connectivity index (χ2n) is 5.61. The van der Waals surface area contributed by atoms with Gasteiger partial charge in [-0.3, -0.25) is 4.90 Å². The van der Waals surface area contributed by atoms with E-state index in [1.54, 1.807) is 0 Å². The van der Waals surface area contributed by atoms with Crippen molar-refractivity contribution in [1.82, 2.24) is 4.90 Å². The van der Waals surface area contributed by atoms with Gasteiger partial charge in [-0.2, -0.15) is 0 Å². The van der Waals surface area contributed by atoms with Crippen molar-refractivity contribution in [2.45, 2.75) is 38.8 Å². The molecule has 1 saturated heterocycles. The molecule has 3 nitrogen and oxygen atoms in total. The molecule has 0 radical (unpaired) electrons. The van der Waals surface area contributed by atoms with E-state index in [4.69, 9.17) is 4.74 Å². The van der Waals surface area contributed by atoms with Crippen molar-refractivity contribution in [1.29, 1.82) is 0 Å². The van der Waals surface area contributed by atoms with Gasteiger partial charge in [0, 0.05) is 25.7 Å². The molecule has 0 amide bonds. The zero-order valence-corrected chi connectivity index (χ0v) is 11.3. The van der Waals surface area contributed by atoms with Gasteiger partial charge in [-0.05, 0) is 38.3 Å². The van der Waals surface area contributed by atoms with Crippen molar-refractivity contribution >= 4 is 5.69 Å². The third-order valence-electron chi connectivity index (χ3n) is 3.94. The minimum atomic E-state index is 0.364. The molecule has 0 unspecified atom stereocenters. The Morgan fingerprint density at radius 3 is 2.94 bits per heavy atom. The fourth-order valence-electron chi connectivity index (χ4n) is 2.72.